The Hall–Kier alpha value is -1.79. The van der Waals surface area contributed by atoms with Crippen LogP contribution in [0.3, 0.4) is 0 Å². The first kappa shape index (κ1) is 15.1. The molecule has 1 aliphatic rings. The lowest BCUT2D eigenvalue weighted by molar-refractivity contribution is 0.505. The Morgan fingerprint density at radius 3 is 2.18 bits per heavy atom. The quantitative estimate of drug-likeness (QED) is 0.757. The average Bonchev–Trinajstić information content (AvgIpc) is 2.80. The van der Waals surface area contributed by atoms with Gasteiger partial charge in [-0.25, -0.2) is 0 Å². The highest BCUT2D eigenvalue weighted by molar-refractivity contribution is 7.70. The first-order valence-electron chi connectivity index (χ1n) is 7.81. The van der Waals surface area contributed by atoms with E-state index in [0.717, 1.165) is 11.7 Å². The molecule has 2 atom stereocenters. The van der Waals surface area contributed by atoms with Crippen LogP contribution >= 0.6 is 7.29 Å². The lowest BCUT2D eigenvalue weighted by Gasteiger charge is -2.30. The largest absolute Gasteiger partial charge is 0.321 e. The maximum Gasteiger partial charge on any atom is 0.207 e. The average molecular weight is 311 g/mol. The van der Waals surface area contributed by atoms with E-state index in [9.17, 15) is 4.57 Å². The van der Waals surface area contributed by atoms with Crippen molar-refractivity contribution in [1.82, 2.24) is 4.67 Å². The van der Waals surface area contributed by atoms with E-state index < -0.39 is 7.29 Å². The lowest BCUT2D eigenvalue weighted by Crippen LogP contribution is -2.24. The molecule has 0 saturated carbocycles. The molecule has 22 heavy (non-hydrogen) atoms. The molecule has 0 amide bonds. The van der Waals surface area contributed by atoms with Gasteiger partial charge in [0.15, 0.2) is 0 Å². The highest BCUT2D eigenvalue weighted by Crippen LogP contribution is 2.61. The molecule has 2 aromatic carbocycles. The van der Waals surface area contributed by atoms with Crippen molar-refractivity contribution in [2.45, 2.75) is 32.5 Å². The molecule has 1 aliphatic heterocycles. The summed E-state index contributed by atoms with van der Waals surface area (Å²) in [6.07, 6.45) is 3.01. The van der Waals surface area contributed by atoms with E-state index in [1.807, 2.05) is 48.5 Å². The Balaban J connectivity index is 2.02. The highest BCUT2D eigenvalue weighted by Gasteiger charge is 2.43. The van der Waals surface area contributed by atoms with Crippen LogP contribution in [0, 0.1) is 0 Å². The molecule has 0 radical (unpaired) electrons. The molecule has 0 aliphatic carbocycles. The van der Waals surface area contributed by atoms with Gasteiger partial charge in [0.25, 0.3) is 0 Å². The molecule has 2 nitrogen and oxygen atoms in total. The molecule has 114 valence electrons. The first-order chi connectivity index (χ1) is 10.7. The van der Waals surface area contributed by atoms with Crippen LogP contribution in [0.5, 0.6) is 0 Å². The van der Waals surface area contributed by atoms with Gasteiger partial charge in [-0.3, -0.25) is 4.57 Å². The van der Waals surface area contributed by atoms with Gasteiger partial charge in [-0.05, 0) is 36.6 Å². The van der Waals surface area contributed by atoms with E-state index in [2.05, 4.69) is 36.9 Å². The minimum absolute atomic E-state index is 0.124. The van der Waals surface area contributed by atoms with Gasteiger partial charge in [-0.15, -0.1) is 0 Å². The van der Waals surface area contributed by atoms with Crippen LogP contribution in [0.2, 0.25) is 0 Å². The number of rotatable bonds is 4. The summed E-state index contributed by atoms with van der Waals surface area (Å²) in [6.45, 7) is 4.93. The molecule has 0 fully saturated rings. The van der Waals surface area contributed by atoms with Gasteiger partial charge in [0, 0.05) is 18.0 Å². The van der Waals surface area contributed by atoms with Crippen molar-refractivity contribution in [2.24, 2.45) is 0 Å². The Morgan fingerprint density at radius 2 is 1.59 bits per heavy atom. The van der Waals surface area contributed by atoms with Crippen LogP contribution in [-0.4, -0.2) is 10.3 Å². The highest BCUT2D eigenvalue weighted by atomic mass is 31.2. The number of hydrogen-bond acceptors (Lipinski definition) is 1. The monoisotopic (exact) mass is 311 g/mol. The third kappa shape index (κ3) is 2.53. The van der Waals surface area contributed by atoms with Crippen molar-refractivity contribution >= 4 is 12.6 Å². The van der Waals surface area contributed by atoms with Gasteiger partial charge >= 0.3 is 0 Å². The molecule has 1 heterocycles. The first-order valence-corrected chi connectivity index (χ1v) is 9.54. The summed E-state index contributed by atoms with van der Waals surface area (Å²) in [6, 6.07) is 20.2. The second-order valence-corrected chi connectivity index (χ2v) is 8.74. The second-order valence-electron chi connectivity index (χ2n) is 5.84. The molecule has 0 spiro atoms. The Bertz CT molecular complexity index is 709. The molecule has 2 aromatic rings. The van der Waals surface area contributed by atoms with E-state index in [1.165, 1.54) is 11.1 Å². The molecule has 3 rings (SSSR count). The zero-order valence-electron chi connectivity index (χ0n) is 13.1. The molecular formula is C19H22NOP. The fraction of sp³-hybridized carbons (Fsp3) is 0.263. The van der Waals surface area contributed by atoms with E-state index in [1.54, 1.807) is 0 Å². The Morgan fingerprint density at radius 1 is 1.00 bits per heavy atom. The minimum Gasteiger partial charge on any atom is -0.321 e. The van der Waals surface area contributed by atoms with Crippen molar-refractivity contribution < 1.29 is 4.57 Å². The second kappa shape index (κ2) is 6.14. The smallest absolute Gasteiger partial charge is 0.207 e. The summed E-state index contributed by atoms with van der Waals surface area (Å²) >= 11 is 0. The Kier molecular flexibility index (Phi) is 4.22. The maximum atomic E-state index is 14.0. The predicted molar refractivity (Wildman–Crippen MR) is 93.5 cm³/mol. The van der Waals surface area contributed by atoms with Crippen molar-refractivity contribution in [3.8, 4) is 0 Å². The summed E-state index contributed by atoms with van der Waals surface area (Å²) in [5.41, 5.74) is 2.55. The summed E-state index contributed by atoms with van der Waals surface area (Å²) in [7, 11) is -2.62. The Labute approximate surface area is 132 Å². The van der Waals surface area contributed by atoms with Crippen molar-refractivity contribution in [3.05, 3.63) is 78.0 Å². The van der Waals surface area contributed by atoms with Gasteiger partial charge in [0.05, 0.1) is 5.66 Å². The zero-order valence-corrected chi connectivity index (χ0v) is 14.0. The number of benzene rings is 2. The number of hydrogen-bond donors (Lipinski definition) is 0. The van der Waals surface area contributed by atoms with Crippen molar-refractivity contribution in [3.63, 3.8) is 0 Å². The van der Waals surface area contributed by atoms with Crippen LogP contribution in [-0.2, 0) is 11.1 Å². The minimum atomic E-state index is -2.62. The number of allylic oxidation sites excluding steroid dienone is 1. The fourth-order valence-electron chi connectivity index (χ4n) is 3.32. The van der Waals surface area contributed by atoms with Gasteiger partial charge in [-0.1, -0.05) is 55.5 Å². The lowest BCUT2D eigenvalue weighted by atomic mass is 10.2. The van der Waals surface area contributed by atoms with Crippen LogP contribution < -0.4 is 5.30 Å². The maximum absolute atomic E-state index is 14.0. The molecule has 0 bridgehead atoms. The van der Waals surface area contributed by atoms with Crippen LogP contribution in [0.15, 0.2) is 72.4 Å². The van der Waals surface area contributed by atoms with Crippen molar-refractivity contribution in [1.29, 1.82) is 0 Å². The predicted octanol–water partition coefficient (Wildman–Crippen LogP) is 4.79. The van der Waals surface area contributed by atoms with Gasteiger partial charge in [0.2, 0.25) is 7.29 Å². The standard InChI is InChI=1S/C19H22NOP/c1-3-19-16(2)14-20(15-17-10-6-4-7-11-17)22(19,21)18-12-8-5-9-13-18/h4-14,19H,3,15H2,1-2H3. The van der Waals surface area contributed by atoms with Gasteiger partial charge in [0.1, 0.15) is 0 Å². The molecule has 0 N–H and O–H groups in total. The summed E-state index contributed by atoms with van der Waals surface area (Å²) in [4.78, 5) is 0. The molecule has 0 saturated heterocycles. The van der Waals surface area contributed by atoms with Crippen molar-refractivity contribution in [2.75, 3.05) is 0 Å². The molecule has 0 aromatic heterocycles. The van der Waals surface area contributed by atoms with Gasteiger partial charge < -0.3 is 4.67 Å². The topological polar surface area (TPSA) is 20.3 Å². The van der Waals surface area contributed by atoms with Crippen LogP contribution in [0.4, 0.5) is 0 Å². The third-order valence-corrected chi connectivity index (χ3v) is 8.06. The third-order valence-electron chi connectivity index (χ3n) is 4.38. The number of nitrogens with zero attached hydrogens (tertiary/aromatic N) is 1. The molecule has 2 unspecified atom stereocenters. The van der Waals surface area contributed by atoms with E-state index in [0.29, 0.717) is 6.54 Å². The van der Waals surface area contributed by atoms with Gasteiger partial charge in [-0.2, -0.15) is 0 Å². The SMILES string of the molecule is CCC1C(C)=CN(Cc2ccccc2)P1(=O)c1ccccc1. The summed E-state index contributed by atoms with van der Waals surface area (Å²) in [5.74, 6) is 0. The van der Waals surface area contributed by atoms with Crippen LogP contribution in [0.1, 0.15) is 25.8 Å². The summed E-state index contributed by atoms with van der Waals surface area (Å²) < 4.78 is 16.1. The normalized spacial score (nSPS) is 24.4. The van der Waals surface area contributed by atoms with E-state index in [4.69, 9.17) is 0 Å². The zero-order chi connectivity index (χ0) is 15.6. The van der Waals surface area contributed by atoms with E-state index >= 15 is 0 Å². The molecule has 3 heteroatoms. The fourth-order valence-corrected chi connectivity index (χ4v) is 6.78. The summed E-state index contributed by atoms with van der Waals surface area (Å²) in [5, 5.41) is 0.964. The van der Waals surface area contributed by atoms with E-state index in [-0.39, 0.29) is 5.66 Å². The van der Waals surface area contributed by atoms with Crippen LogP contribution in [0.25, 0.3) is 0 Å². The molecular weight excluding hydrogens is 289 g/mol.